The summed E-state index contributed by atoms with van der Waals surface area (Å²) >= 11 is 5.68. The SMILES string of the molecule is COC(CCCl)COC(=O)C1=C(C)NC(C)=C(C(=O)O)C1c1ccccc1C(F)(F)F. The number of halogens is 4. The first kappa shape index (κ1) is 24.7. The number of allylic oxidation sites excluding steroid dienone is 2. The Morgan fingerprint density at radius 2 is 1.81 bits per heavy atom. The van der Waals surface area contributed by atoms with E-state index in [9.17, 15) is 27.9 Å². The van der Waals surface area contributed by atoms with Crippen LogP contribution in [0.4, 0.5) is 13.2 Å². The van der Waals surface area contributed by atoms with E-state index >= 15 is 0 Å². The number of carboxylic acid groups (broad SMARTS) is 1. The third-order valence-corrected chi connectivity index (χ3v) is 5.17. The molecule has 2 atom stereocenters. The smallest absolute Gasteiger partial charge is 0.416 e. The van der Waals surface area contributed by atoms with Crippen LogP contribution in [0.1, 0.15) is 37.3 Å². The average molecular weight is 462 g/mol. The topological polar surface area (TPSA) is 84.9 Å². The van der Waals surface area contributed by atoms with Crippen molar-refractivity contribution in [2.24, 2.45) is 0 Å². The minimum Gasteiger partial charge on any atom is -0.478 e. The number of carboxylic acids is 1. The first-order valence-corrected chi connectivity index (χ1v) is 9.90. The van der Waals surface area contributed by atoms with Gasteiger partial charge in [0, 0.05) is 24.4 Å². The van der Waals surface area contributed by atoms with Gasteiger partial charge in [0.15, 0.2) is 0 Å². The van der Waals surface area contributed by atoms with Gasteiger partial charge in [-0.25, -0.2) is 9.59 Å². The van der Waals surface area contributed by atoms with Crippen LogP contribution in [0.5, 0.6) is 0 Å². The van der Waals surface area contributed by atoms with E-state index < -0.39 is 35.7 Å². The summed E-state index contributed by atoms with van der Waals surface area (Å²) in [6.45, 7) is 2.73. The van der Waals surface area contributed by atoms with E-state index in [-0.39, 0.29) is 40.6 Å². The van der Waals surface area contributed by atoms with Crippen molar-refractivity contribution in [3.8, 4) is 0 Å². The van der Waals surface area contributed by atoms with Crippen LogP contribution in [0, 0.1) is 0 Å². The Morgan fingerprint density at radius 3 is 2.35 bits per heavy atom. The first-order valence-electron chi connectivity index (χ1n) is 9.36. The number of esters is 1. The number of hydrogen-bond acceptors (Lipinski definition) is 5. The number of carbonyl (C=O) groups excluding carboxylic acids is 1. The Hall–Kier alpha value is -2.52. The van der Waals surface area contributed by atoms with E-state index in [1.165, 1.54) is 39.2 Å². The summed E-state index contributed by atoms with van der Waals surface area (Å²) in [5.74, 6) is -3.60. The van der Waals surface area contributed by atoms with Crippen LogP contribution in [0.25, 0.3) is 0 Å². The van der Waals surface area contributed by atoms with Gasteiger partial charge in [-0.2, -0.15) is 13.2 Å². The molecule has 0 radical (unpaired) electrons. The number of carbonyl (C=O) groups is 2. The number of hydrogen-bond donors (Lipinski definition) is 2. The molecule has 0 bridgehead atoms. The number of benzene rings is 1. The van der Waals surface area contributed by atoms with Crippen molar-refractivity contribution in [1.82, 2.24) is 5.32 Å². The number of aliphatic carboxylic acids is 1. The van der Waals surface area contributed by atoms with E-state index in [2.05, 4.69) is 5.32 Å². The van der Waals surface area contributed by atoms with Gasteiger partial charge < -0.3 is 19.9 Å². The quantitative estimate of drug-likeness (QED) is 0.445. The number of methoxy groups -OCH3 is 1. The zero-order valence-electron chi connectivity index (χ0n) is 17.2. The molecule has 1 aliphatic heterocycles. The van der Waals surface area contributed by atoms with Crippen molar-refractivity contribution in [3.05, 3.63) is 57.9 Å². The predicted molar refractivity (Wildman–Crippen MR) is 107 cm³/mol. The van der Waals surface area contributed by atoms with E-state index in [1.807, 2.05) is 0 Å². The van der Waals surface area contributed by atoms with Crippen LogP contribution in [-0.4, -0.2) is 42.7 Å². The molecule has 2 rings (SSSR count). The number of alkyl halides is 4. The van der Waals surface area contributed by atoms with E-state index in [1.54, 1.807) is 0 Å². The molecule has 2 N–H and O–H groups in total. The maximum atomic E-state index is 13.7. The third-order valence-electron chi connectivity index (χ3n) is 4.95. The van der Waals surface area contributed by atoms with Crippen LogP contribution in [0.2, 0.25) is 0 Å². The van der Waals surface area contributed by atoms with Gasteiger partial charge in [-0.3, -0.25) is 0 Å². The summed E-state index contributed by atoms with van der Waals surface area (Å²) in [4.78, 5) is 24.9. The van der Waals surface area contributed by atoms with E-state index in [0.29, 0.717) is 6.42 Å². The van der Waals surface area contributed by atoms with Gasteiger partial charge in [0.05, 0.1) is 28.7 Å². The molecule has 0 saturated heterocycles. The second-order valence-electron chi connectivity index (χ2n) is 6.96. The molecular formula is C21H23ClF3NO5. The molecule has 1 heterocycles. The lowest BCUT2D eigenvalue weighted by atomic mass is 9.78. The van der Waals surface area contributed by atoms with Gasteiger partial charge in [-0.1, -0.05) is 18.2 Å². The molecule has 0 amide bonds. The first-order chi connectivity index (χ1) is 14.5. The minimum absolute atomic E-state index is 0.139. The highest BCUT2D eigenvalue weighted by Gasteiger charge is 2.42. The molecule has 170 valence electrons. The lowest BCUT2D eigenvalue weighted by molar-refractivity contribution is -0.144. The van der Waals surface area contributed by atoms with Gasteiger partial charge in [0.1, 0.15) is 6.61 Å². The molecule has 0 aromatic heterocycles. The van der Waals surface area contributed by atoms with Crippen molar-refractivity contribution in [2.45, 2.75) is 38.5 Å². The zero-order chi connectivity index (χ0) is 23.3. The molecule has 2 unspecified atom stereocenters. The van der Waals surface area contributed by atoms with Gasteiger partial charge in [-0.15, -0.1) is 11.6 Å². The molecule has 31 heavy (non-hydrogen) atoms. The third kappa shape index (κ3) is 5.59. The highest BCUT2D eigenvalue weighted by molar-refractivity contribution is 6.17. The fourth-order valence-electron chi connectivity index (χ4n) is 3.50. The zero-order valence-corrected chi connectivity index (χ0v) is 17.9. The highest BCUT2D eigenvalue weighted by Crippen LogP contribution is 2.44. The Labute approximate surface area is 182 Å². The van der Waals surface area contributed by atoms with Gasteiger partial charge in [0.25, 0.3) is 0 Å². The van der Waals surface area contributed by atoms with Gasteiger partial charge in [0.2, 0.25) is 0 Å². The maximum absolute atomic E-state index is 13.7. The van der Waals surface area contributed by atoms with Crippen LogP contribution < -0.4 is 5.32 Å². The van der Waals surface area contributed by atoms with Gasteiger partial charge >= 0.3 is 18.1 Å². The molecule has 1 aliphatic rings. The molecule has 0 saturated carbocycles. The molecule has 10 heteroatoms. The molecule has 1 aromatic rings. The number of rotatable bonds is 8. The Bertz CT molecular complexity index is 911. The normalized spacial score (nSPS) is 18.0. The van der Waals surface area contributed by atoms with Crippen LogP contribution in [0.3, 0.4) is 0 Å². The van der Waals surface area contributed by atoms with Crippen molar-refractivity contribution in [3.63, 3.8) is 0 Å². The molecular weight excluding hydrogens is 439 g/mol. The van der Waals surface area contributed by atoms with Crippen molar-refractivity contribution in [1.29, 1.82) is 0 Å². The highest BCUT2D eigenvalue weighted by atomic mass is 35.5. The fourth-order valence-corrected chi connectivity index (χ4v) is 3.75. The van der Waals surface area contributed by atoms with Crippen LogP contribution in [0.15, 0.2) is 46.8 Å². The second kappa shape index (κ2) is 10.2. The lowest BCUT2D eigenvalue weighted by Crippen LogP contribution is -2.33. The molecule has 0 spiro atoms. The van der Waals surface area contributed by atoms with Crippen molar-refractivity contribution >= 4 is 23.5 Å². The largest absolute Gasteiger partial charge is 0.478 e. The van der Waals surface area contributed by atoms with Crippen LogP contribution in [-0.2, 0) is 25.2 Å². The summed E-state index contributed by atoms with van der Waals surface area (Å²) in [5, 5.41) is 12.5. The summed E-state index contributed by atoms with van der Waals surface area (Å²) < 4.78 is 51.5. The Morgan fingerprint density at radius 1 is 1.19 bits per heavy atom. The Balaban J connectivity index is 2.58. The predicted octanol–water partition coefficient (Wildman–Crippen LogP) is 4.21. The average Bonchev–Trinajstić information content (AvgIpc) is 2.69. The summed E-state index contributed by atoms with van der Waals surface area (Å²) in [7, 11) is 1.41. The second-order valence-corrected chi connectivity index (χ2v) is 7.34. The van der Waals surface area contributed by atoms with E-state index in [0.717, 1.165) is 6.07 Å². The monoisotopic (exact) mass is 461 g/mol. The molecule has 0 fully saturated rings. The number of ether oxygens (including phenoxy) is 2. The number of nitrogens with one attached hydrogen (secondary N) is 1. The summed E-state index contributed by atoms with van der Waals surface area (Å²) in [5.41, 5.74) is -1.59. The van der Waals surface area contributed by atoms with Crippen molar-refractivity contribution in [2.75, 3.05) is 19.6 Å². The maximum Gasteiger partial charge on any atom is 0.416 e. The van der Waals surface area contributed by atoms with Crippen LogP contribution >= 0.6 is 11.6 Å². The molecule has 6 nitrogen and oxygen atoms in total. The standard InChI is InChI=1S/C21H23ClF3NO5/c1-11-16(19(27)28)18(14-6-4-5-7-15(14)21(23,24)25)17(12(2)26-11)20(29)31-10-13(30-3)8-9-22/h4-7,13,18,26H,8-10H2,1-3H3,(H,27,28). The van der Waals surface area contributed by atoms with Gasteiger partial charge in [-0.05, 0) is 31.9 Å². The fraction of sp³-hybridized carbons (Fsp3) is 0.429. The van der Waals surface area contributed by atoms with E-state index in [4.69, 9.17) is 21.1 Å². The molecule has 1 aromatic carbocycles. The number of dihydropyridines is 1. The lowest BCUT2D eigenvalue weighted by Gasteiger charge is -2.31. The summed E-state index contributed by atoms with van der Waals surface area (Å²) in [6.07, 6.45) is -4.86. The van der Waals surface area contributed by atoms with Crippen molar-refractivity contribution < 1.29 is 37.3 Å². The Kier molecular flexibility index (Phi) is 8.14. The minimum atomic E-state index is -4.75. The summed E-state index contributed by atoms with van der Waals surface area (Å²) in [6, 6.07) is 4.59. The molecule has 0 aliphatic carbocycles.